The number of hydrogen-bond donors (Lipinski definition) is 1. The Morgan fingerprint density at radius 3 is 2.45 bits per heavy atom. The lowest BCUT2D eigenvalue weighted by Crippen LogP contribution is -2.35. The normalized spacial score (nSPS) is 37.0. The van der Waals surface area contributed by atoms with Gasteiger partial charge in [0.15, 0.2) is 6.23 Å². The lowest BCUT2D eigenvalue weighted by molar-refractivity contribution is -0.136. The van der Waals surface area contributed by atoms with E-state index in [1.807, 2.05) is 35.2 Å². The summed E-state index contributed by atoms with van der Waals surface area (Å²) in [5, 5.41) is 9.37. The summed E-state index contributed by atoms with van der Waals surface area (Å²) in [6.07, 6.45) is 2.30. The highest BCUT2D eigenvalue weighted by atomic mass is 16.5. The molecular formula is C26H30N2O3. The van der Waals surface area contributed by atoms with Gasteiger partial charge in [-0.25, -0.2) is 0 Å². The van der Waals surface area contributed by atoms with Crippen molar-refractivity contribution in [3.05, 3.63) is 71.8 Å². The SMILES string of the molecule is O=C1C2CC2[C@H]2COC(c3ccccc3)N12.OC[C@@H]1C2CC2CN1Cc1ccccc1. The zero-order valence-corrected chi connectivity index (χ0v) is 17.7. The Bertz CT molecular complexity index is 936. The number of aliphatic hydroxyl groups excluding tert-OH is 1. The summed E-state index contributed by atoms with van der Waals surface area (Å²) in [4.78, 5) is 16.5. The van der Waals surface area contributed by atoms with Crippen molar-refractivity contribution < 1.29 is 14.6 Å². The number of aliphatic hydroxyl groups is 1. The lowest BCUT2D eigenvalue weighted by Gasteiger charge is -2.25. The molecule has 0 bridgehead atoms. The van der Waals surface area contributed by atoms with Gasteiger partial charge in [0, 0.05) is 30.6 Å². The first-order valence-electron chi connectivity index (χ1n) is 11.6. The molecule has 2 aromatic carbocycles. The minimum absolute atomic E-state index is 0.133. The zero-order chi connectivity index (χ0) is 20.9. The van der Waals surface area contributed by atoms with Crippen molar-refractivity contribution in [2.24, 2.45) is 23.7 Å². The third kappa shape index (κ3) is 3.49. The number of carbonyl (C=O) groups excluding carboxylic acids is 1. The van der Waals surface area contributed by atoms with Crippen molar-refractivity contribution in [1.82, 2.24) is 9.80 Å². The van der Waals surface area contributed by atoms with Gasteiger partial charge in [-0.1, -0.05) is 60.7 Å². The largest absolute Gasteiger partial charge is 0.395 e. The second kappa shape index (κ2) is 7.73. The predicted molar refractivity (Wildman–Crippen MR) is 117 cm³/mol. The molecule has 2 aromatic rings. The van der Waals surface area contributed by atoms with Crippen LogP contribution >= 0.6 is 0 Å². The van der Waals surface area contributed by atoms with E-state index in [4.69, 9.17) is 4.74 Å². The van der Waals surface area contributed by atoms with Gasteiger partial charge in [-0.05, 0) is 36.2 Å². The molecule has 3 heterocycles. The first-order chi connectivity index (χ1) is 15.2. The molecule has 5 unspecified atom stereocenters. The number of benzene rings is 2. The topological polar surface area (TPSA) is 53.0 Å². The molecule has 5 nitrogen and oxygen atoms in total. The molecule has 2 saturated carbocycles. The molecule has 1 N–H and O–H groups in total. The van der Waals surface area contributed by atoms with E-state index in [-0.39, 0.29) is 6.23 Å². The van der Waals surface area contributed by atoms with E-state index >= 15 is 0 Å². The summed E-state index contributed by atoms with van der Waals surface area (Å²) in [6, 6.07) is 21.4. The van der Waals surface area contributed by atoms with Gasteiger partial charge < -0.3 is 14.7 Å². The predicted octanol–water partition coefficient (Wildman–Crippen LogP) is 3.06. The summed E-state index contributed by atoms with van der Waals surface area (Å²) in [5.41, 5.74) is 2.46. The highest BCUT2D eigenvalue weighted by Crippen LogP contribution is 2.55. The van der Waals surface area contributed by atoms with Crippen LogP contribution in [0.1, 0.15) is 30.2 Å². The third-order valence-electron chi connectivity index (χ3n) is 7.85. The van der Waals surface area contributed by atoms with Gasteiger partial charge in [0.05, 0.1) is 19.3 Å². The van der Waals surface area contributed by atoms with Crippen LogP contribution < -0.4 is 0 Å². The van der Waals surface area contributed by atoms with E-state index in [9.17, 15) is 9.90 Å². The fourth-order valence-electron chi connectivity index (χ4n) is 6.03. The fraction of sp³-hybridized carbons (Fsp3) is 0.500. The zero-order valence-electron chi connectivity index (χ0n) is 17.7. The molecule has 3 saturated heterocycles. The van der Waals surface area contributed by atoms with Gasteiger partial charge in [-0.3, -0.25) is 9.69 Å². The standard InChI is InChI=1S/C13H13NO2.C13H17NO/c15-12-10-6-9(10)11-7-16-13(14(11)12)8-4-2-1-3-5-8;15-9-13-12-6-11(12)8-14(13)7-10-4-2-1-3-5-10/h1-5,9-11,13H,6-7H2;1-5,11-13,15H,6-9H2/t9?,10?,11-,13?;11?,12?,13-/m11/s1. The Morgan fingerprint density at radius 1 is 0.968 bits per heavy atom. The van der Waals surface area contributed by atoms with Crippen LogP contribution in [0.25, 0.3) is 0 Å². The highest BCUT2D eigenvalue weighted by molar-refractivity contribution is 5.86. The number of amides is 1. The number of likely N-dealkylation sites (tertiary alicyclic amines) is 1. The quantitative estimate of drug-likeness (QED) is 0.829. The molecule has 1 amide bonds. The van der Waals surface area contributed by atoms with E-state index in [1.54, 1.807) is 0 Å². The van der Waals surface area contributed by atoms with Crippen molar-refractivity contribution in [3.8, 4) is 0 Å². The van der Waals surface area contributed by atoms with Gasteiger partial charge in [0.2, 0.25) is 5.91 Å². The molecule has 3 aliphatic heterocycles. The van der Waals surface area contributed by atoms with Crippen molar-refractivity contribution in [2.75, 3.05) is 19.8 Å². The minimum atomic E-state index is -0.133. The van der Waals surface area contributed by atoms with E-state index in [0.29, 0.717) is 43.0 Å². The second-order valence-electron chi connectivity index (χ2n) is 9.74. The van der Waals surface area contributed by atoms with Gasteiger partial charge in [0.25, 0.3) is 0 Å². The summed E-state index contributed by atoms with van der Waals surface area (Å²) >= 11 is 0. The third-order valence-corrected chi connectivity index (χ3v) is 7.85. The molecule has 0 spiro atoms. The van der Waals surface area contributed by atoms with E-state index in [2.05, 4.69) is 35.2 Å². The number of ether oxygens (including phenoxy) is 1. The van der Waals surface area contributed by atoms with Gasteiger partial charge >= 0.3 is 0 Å². The second-order valence-corrected chi connectivity index (χ2v) is 9.74. The van der Waals surface area contributed by atoms with Crippen LogP contribution in [-0.4, -0.2) is 52.7 Å². The van der Waals surface area contributed by atoms with Gasteiger partial charge in [0.1, 0.15) is 0 Å². The van der Waals surface area contributed by atoms with Crippen molar-refractivity contribution in [2.45, 2.75) is 37.7 Å². The summed E-state index contributed by atoms with van der Waals surface area (Å²) in [6.45, 7) is 3.23. The van der Waals surface area contributed by atoms with Crippen LogP contribution in [0.5, 0.6) is 0 Å². The maximum absolute atomic E-state index is 12.1. The Kier molecular flexibility index (Phi) is 4.86. The molecule has 31 heavy (non-hydrogen) atoms. The van der Waals surface area contributed by atoms with Crippen LogP contribution in [0.3, 0.4) is 0 Å². The Morgan fingerprint density at radius 2 is 1.71 bits per heavy atom. The number of nitrogens with zero attached hydrogens (tertiary/aromatic N) is 2. The molecule has 7 rings (SSSR count). The summed E-state index contributed by atoms with van der Waals surface area (Å²) < 4.78 is 5.78. The number of carbonyl (C=O) groups is 1. The molecule has 5 heteroatoms. The van der Waals surface area contributed by atoms with Crippen LogP contribution in [0, 0.1) is 23.7 Å². The van der Waals surface area contributed by atoms with Crippen molar-refractivity contribution >= 4 is 5.91 Å². The molecule has 7 atom stereocenters. The fourth-order valence-corrected chi connectivity index (χ4v) is 6.03. The molecular weight excluding hydrogens is 388 g/mol. The van der Waals surface area contributed by atoms with Crippen LogP contribution in [0.15, 0.2) is 60.7 Å². The summed E-state index contributed by atoms with van der Waals surface area (Å²) in [7, 11) is 0. The molecule has 2 aliphatic carbocycles. The Hall–Kier alpha value is -2.21. The first kappa shape index (κ1) is 19.5. The molecule has 0 aromatic heterocycles. The van der Waals surface area contributed by atoms with Crippen molar-refractivity contribution in [1.29, 1.82) is 0 Å². The number of rotatable bonds is 4. The number of hydrogen-bond acceptors (Lipinski definition) is 4. The average molecular weight is 419 g/mol. The maximum Gasteiger partial charge on any atom is 0.228 e. The van der Waals surface area contributed by atoms with Crippen molar-refractivity contribution in [3.63, 3.8) is 0 Å². The molecule has 5 aliphatic rings. The summed E-state index contributed by atoms with van der Waals surface area (Å²) in [5.74, 6) is 2.88. The molecule has 162 valence electrons. The smallest absolute Gasteiger partial charge is 0.228 e. The van der Waals surface area contributed by atoms with E-state index in [0.717, 1.165) is 30.4 Å². The van der Waals surface area contributed by atoms with Gasteiger partial charge in [-0.15, -0.1) is 0 Å². The lowest BCUT2D eigenvalue weighted by atomic mass is 10.1. The molecule has 5 fully saturated rings. The van der Waals surface area contributed by atoms with E-state index < -0.39 is 0 Å². The van der Waals surface area contributed by atoms with Crippen LogP contribution in [0.4, 0.5) is 0 Å². The van der Waals surface area contributed by atoms with Gasteiger partial charge in [-0.2, -0.15) is 0 Å². The highest BCUT2D eigenvalue weighted by Gasteiger charge is 2.62. The first-order valence-corrected chi connectivity index (χ1v) is 11.6. The Balaban J connectivity index is 0.000000120. The minimum Gasteiger partial charge on any atom is -0.395 e. The average Bonchev–Trinajstić information content (AvgIpc) is 3.66. The monoisotopic (exact) mass is 418 g/mol. The maximum atomic E-state index is 12.1. The van der Waals surface area contributed by atoms with Crippen LogP contribution in [0.2, 0.25) is 0 Å². The van der Waals surface area contributed by atoms with E-state index in [1.165, 1.54) is 18.5 Å². The Labute approximate surface area is 183 Å². The number of fused-ring (bicyclic) bond motifs is 4. The van der Waals surface area contributed by atoms with Crippen LogP contribution in [-0.2, 0) is 16.1 Å². The number of piperidine rings is 2. The molecule has 0 radical (unpaired) electrons.